The van der Waals surface area contributed by atoms with E-state index >= 15 is 0 Å². The van der Waals surface area contributed by atoms with Crippen LogP contribution in [0.15, 0.2) is 24.3 Å². The quantitative estimate of drug-likeness (QED) is 0.119. The third-order valence-electron chi connectivity index (χ3n) is 10.8. The summed E-state index contributed by atoms with van der Waals surface area (Å²) < 4.78 is 19.9. The molecule has 0 fully saturated rings. The minimum absolute atomic E-state index is 0.117. The van der Waals surface area contributed by atoms with E-state index in [1.807, 2.05) is 52.0 Å². The standard InChI is InChI=1S/C40H46N4O8S2/c1-21-23(9-11-33(45)49-5)27-18-30-38(54)39(3,15-13-35(47)51-7)31(44-30)19-26-22(2)24(10-12-34(46)50-6)28(42-26)20-32-40(4,16-14-36(48)52-8)37(53)29(43-32)17-25(21)41-27/h17-20,41-42H,9-16H2,1-8H3. The van der Waals surface area contributed by atoms with Crippen LogP contribution < -0.4 is 0 Å². The maximum Gasteiger partial charge on any atom is 0.305 e. The lowest BCUT2D eigenvalue weighted by Crippen LogP contribution is -2.28. The maximum atomic E-state index is 12.4. The molecule has 3 aromatic rings. The highest BCUT2D eigenvalue weighted by atomic mass is 32.1. The summed E-state index contributed by atoms with van der Waals surface area (Å²) in [6, 6.07) is 7.66. The van der Waals surface area contributed by atoms with Crippen molar-refractivity contribution in [2.45, 2.75) is 89.9 Å². The van der Waals surface area contributed by atoms with Gasteiger partial charge in [0.1, 0.15) is 0 Å². The zero-order valence-electron chi connectivity index (χ0n) is 31.9. The molecule has 0 spiro atoms. The molecule has 0 radical (unpaired) electrons. The molecule has 286 valence electrons. The van der Waals surface area contributed by atoms with Crippen LogP contribution in [0.25, 0.3) is 22.1 Å². The van der Waals surface area contributed by atoms with Crippen molar-refractivity contribution in [2.75, 3.05) is 28.4 Å². The van der Waals surface area contributed by atoms with Crippen LogP contribution in [0.2, 0.25) is 0 Å². The Morgan fingerprint density at radius 2 is 0.907 bits per heavy atom. The summed E-state index contributed by atoms with van der Waals surface area (Å²) >= 11 is 12.3. The van der Waals surface area contributed by atoms with E-state index in [9.17, 15) is 19.2 Å². The number of carbonyl (C=O) groups excluding carboxylic acids is 4. The number of thiocarbonyl (C=S) groups is 2. The van der Waals surface area contributed by atoms with Crippen LogP contribution in [0, 0.1) is 13.8 Å². The van der Waals surface area contributed by atoms with Crippen molar-refractivity contribution in [1.82, 2.24) is 19.9 Å². The van der Waals surface area contributed by atoms with E-state index in [0.717, 1.165) is 38.8 Å². The SMILES string of the molecule is COC(=O)CCc1c(C)c2cc3nc(cc4[nH]c(cc5nc(cc1[nH]2)C(=S)C5(C)CCC(=O)OC)c(C)c4CCC(=O)OC)C(C)(CCC(=O)OC)C3=S. The number of ether oxygens (including phenoxy) is 4. The van der Waals surface area contributed by atoms with Crippen LogP contribution >= 0.6 is 24.4 Å². The predicted molar refractivity (Wildman–Crippen MR) is 212 cm³/mol. The van der Waals surface area contributed by atoms with Crippen molar-refractivity contribution in [1.29, 1.82) is 0 Å². The molecule has 0 saturated heterocycles. The Kier molecular flexibility index (Phi) is 12.2. The first-order valence-electron chi connectivity index (χ1n) is 17.7. The van der Waals surface area contributed by atoms with Gasteiger partial charge in [-0.2, -0.15) is 0 Å². The van der Waals surface area contributed by atoms with Crippen LogP contribution in [0.3, 0.4) is 0 Å². The number of H-pyrrole nitrogens is 2. The molecule has 8 bridgehead atoms. The second kappa shape index (κ2) is 16.3. The molecular formula is C40H46N4O8S2. The molecule has 2 aliphatic heterocycles. The lowest BCUT2D eigenvalue weighted by Gasteiger charge is -2.23. The van der Waals surface area contributed by atoms with E-state index in [2.05, 4.69) is 9.97 Å². The Bertz CT molecular complexity index is 2220. The molecule has 0 aromatic carbocycles. The highest BCUT2D eigenvalue weighted by Gasteiger charge is 2.41. The number of methoxy groups -OCH3 is 4. The summed E-state index contributed by atoms with van der Waals surface area (Å²) in [4.78, 5) is 67.9. The number of aryl methyl sites for hydroxylation is 4. The van der Waals surface area contributed by atoms with Crippen molar-refractivity contribution in [3.05, 3.63) is 69.3 Å². The summed E-state index contributed by atoms with van der Waals surface area (Å²) in [6.07, 6.45) is 1.99. The van der Waals surface area contributed by atoms with Crippen molar-refractivity contribution in [3.8, 4) is 0 Å². The van der Waals surface area contributed by atoms with Crippen molar-refractivity contribution in [2.24, 2.45) is 0 Å². The molecule has 0 saturated carbocycles. The molecule has 5 heterocycles. The van der Waals surface area contributed by atoms with Gasteiger partial charge >= 0.3 is 23.9 Å². The monoisotopic (exact) mass is 774 g/mol. The number of aromatic amines is 2. The van der Waals surface area contributed by atoms with Crippen LogP contribution in [0.1, 0.15) is 97.4 Å². The summed E-state index contributed by atoms with van der Waals surface area (Å²) in [5, 5.41) is 0. The lowest BCUT2D eigenvalue weighted by atomic mass is 9.79. The zero-order chi connectivity index (χ0) is 39.5. The minimum Gasteiger partial charge on any atom is -0.469 e. The summed E-state index contributed by atoms with van der Waals surface area (Å²) in [5.41, 5.74) is 7.18. The molecule has 2 atom stereocenters. The number of fused-ring (bicyclic) bond motifs is 8. The molecule has 2 aliphatic rings. The van der Waals surface area contributed by atoms with E-state index in [4.69, 9.17) is 53.4 Å². The van der Waals surface area contributed by atoms with Gasteiger partial charge in [-0.05, 0) is 99.9 Å². The van der Waals surface area contributed by atoms with Crippen molar-refractivity contribution >= 4 is 80.1 Å². The summed E-state index contributed by atoms with van der Waals surface area (Å²) in [6.45, 7) is 7.88. The molecule has 5 rings (SSSR count). The summed E-state index contributed by atoms with van der Waals surface area (Å²) in [7, 11) is 5.43. The predicted octanol–water partition coefficient (Wildman–Crippen LogP) is 6.40. The van der Waals surface area contributed by atoms with E-state index in [-0.39, 0.29) is 49.6 Å². The number of hydrogen-bond donors (Lipinski definition) is 2. The fourth-order valence-electron chi connectivity index (χ4n) is 7.12. The van der Waals surface area contributed by atoms with Crippen LogP contribution in [-0.4, -0.2) is 82.0 Å². The molecule has 14 heteroatoms. The Labute approximate surface area is 324 Å². The molecule has 0 aliphatic carbocycles. The first kappa shape index (κ1) is 40.4. The molecule has 2 N–H and O–H groups in total. The Balaban J connectivity index is 1.90. The van der Waals surface area contributed by atoms with E-state index in [1.54, 1.807) is 0 Å². The van der Waals surface area contributed by atoms with E-state index in [0.29, 0.717) is 63.7 Å². The number of rotatable bonds is 12. The van der Waals surface area contributed by atoms with Gasteiger partial charge in [0.2, 0.25) is 0 Å². The number of hydrogen-bond acceptors (Lipinski definition) is 12. The number of aromatic nitrogens is 4. The fraction of sp³-hybridized carbons (Fsp3) is 0.450. The number of carbonyl (C=O) groups is 4. The Morgan fingerprint density at radius 3 is 1.31 bits per heavy atom. The Hall–Kier alpha value is -4.82. The largest absolute Gasteiger partial charge is 0.469 e. The molecule has 2 unspecified atom stereocenters. The molecule has 0 amide bonds. The second-order valence-corrected chi connectivity index (χ2v) is 14.9. The topological polar surface area (TPSA) is 163 Å². The van der Waals surface area contributed by atoms with Crippen LogP contribution in [0.5, 0.6) is 0 Å². The third kappa shape index (κ3) is 7.85. The maximum absolute atomic E-state index is 12.4. The first-order valence-corrected chi connectivity index (χ1v) is 18.5. The van der Waals surface area contributed by atoms with Gasteiger partial charge in [0.05, 0.1) is 60.9 Å². The van der Waals surface area contributed by atoms with Gasteiger partial charge in [-0.1, -0.05) is 24.4 Å². The van der Waals surface area contributed by atoms with Gasteiger partial charge in [0.25, 0.3) is 0 Å². The molecule has 12 nitrogen and oxygen atoms in total. The second-order valence-electron chi connectivity index (χ2n) is 14.1. The zero-order valence-corrected chi connectivity index (χ0v) is 33.6. The van der Waals surface area contributed by atoms with Crippen molar-refractivity contribution < 1.29 is 38.1 Å². The number of esters is 4. The molecule has 54 heavy (non-hydrogen) atoms. The molecular weight excluding hydrogens is 729 g/mol. The van der Waals surface area contributed by atoms with Gasteiger partial charge in [0.15, 0.2) is 0 Å². The lowest BCUT2D eigenvalue weighted by molar-refractivity contribution is -0.141. The highest BCUT2D eigenvalue weighted by Crippen LogP contribution is 2.40. The average molecular weight is 775 g/mol. The number of nitrogens with zero attached hydrogens (tertiary/aromatic N) is 2. The van der Waals surface area contributed by atoms with Gasteiger partial charge in [-0.25, -0.2) is 0 Å². The van der Waals surface area contributed by atoms with Crippen molar-refractivity contribution in [3.63, 3.8) is 0 Å². The van der Waals surface area contributed by atoms with Gasteiger partial charge in [-0.3, -0.25) is 29.1 Å². The van der Waals surface area contributed by atoms with Gasteiger partial charge in [0, 0.05) is 58.6 Å². The van der Waals surface area contributed by atoms with Gasteiger partial charge < -0.3 is 28.9 Å². The third-order valence-corrected chi connectivity index (χ3v) is 12.2. The Morgan fingerprint density at radius 1 is 0.574 bits per heavy atom. The fourth-order valence-corrected chi connectivity index (χ4v) is 7.74. The number of nitrogens with one attached hydrogen (secondary N) is 2. The van der Waals surface area contributed by atoms with Crippen LogP contribution in [0.4, 0.5) is 0 Å². The average Bonchev–Trinajstić information content (AvgIpc) is 3.78. The summed E-state index contributed by atoms with van der Waals surface area (Å²) in [5.74, 6) is -1.42. The highest BCUT2D eigenvalue weighted by molar-refractivity contribution is 7.81. The minimum atomic E-state index is -0.827. The molecule has 3 aromatic heterocycles. The van der Waals surface area contributed by atoms with E-state index < -0.39 is 10.8 Å². The van der Waals surface area contributed by atoms with E-state index in [1.165, 1.54) is 28.4 Å². The smallest absolute Gasteiger partial charge is 0.305 e. The van der Waals surface area contributed by atoms with Crippen LogP contribution in [-0.2, 0) is 61.8 Å². The first-order chi connectivity index (χ1) is 25.6. The van der Waals surface area contributed by atoms with Gasteiger partial charge in [-0.15, -0.1) is 0 Å². The normalized spacial score (nSPS) is 18.0.